The molecule has 3 aliphatic rings. The summed E-state index contributed by atoms with van der Waals surface area (Å²) in [5, 5.41) is 50.8. The normalized spacial score (nSPS) is 33.5. The van der Waals surface area contributed by atoms with Gasteiger partial charge in [-0.3, -0.25) is 4.79 Å². The Balaban J connectivity index is 1.58. The molecule has 2 fully saturated rings. The van der Waals surface area contributed by atoms with E-state index in [0.29, 0.717) is 0 Å². The van der Waals surface area contributed by atoms with Gasteiger partial charge in [-0.15, -0.1) is 0 Å². The number of hydrogen-bond acceptors (Lipinski definition) is 14. The highest BCUT2D eigenvalue weighted by atomic mass is 16.8. The SMILES string of the molecule is COC(=O)[C@H]1[C@@H](OC(=O)c2ccccc2)[C@@H](OC(=O)c2ccccc2)[C@H]2C(C(=O)O)=CO[C@H](O[C@@H]3O[C@@H](CO)[C@@H](O)[C@@H](O)[C@H]3O)[C@H]21. The molecule has 1 aliphatic carbocycles. The van der Waals surface area contributed by atoms with E-state index in [-0.39, 0.29) is 11.1 Å². The highest BCUT2D eigenvalue weighted by molar-refractivity contribution is 5.92. The predicted octanol–water partition coefficient (Wildman–Crippen LogP) is -0.386. The maximum atomic E-state index is 13.5. The van der Waals surface area contributed by atoms with Gasteiger partial charge in [-0.25, -0.2) is 14.4 Å². The van der Waals surface area contributed by atoms with Crippen LogP contribution in [0.4, 0.5) is 0 Å². The Hall–Kier alpha value is -4.38. The zero-order valence-electron chi connectivity index (χ0n) is 24.2. The van der Waals surface area contributed by atoms with Crippen molar-refractivity contribution in [1.82, 2.24) is 0 Å². The molecule has 0 bridgehead atoms. The fourth-order valence-electron chi connectivity index (χ4n) is 5.97. The second kappa shape index (κ2) is 13.9. The van der Waals surface area contributed by atoms with E-state index in [2.05, 4.69) is 0 Å². The van der Waals surface area contributed by atoms with Gasteiger partial charge in [-0.05, 0) is 24.3 Å². The van der Waals surface area contributed by atoms with E-state index < -0.39 is 103 Å². The van der Waals surface area contributed by atoms with Crippen LogP contribution in [-0.2, 0) is 38.0 Å². The number of carbonyl (C=O) groups excluding carboxylic acids is 3. The second-order valence-electron chi connectivity index (χ2n) is 10.8. The van der Waals surface area contributed by atoms with Crippen LogP contribution in [0.5, 0.6) is 0 Å². The van der Waals surface area contributed by atoms with E-state index in [1.54, 1.807) is 36.4 Å². The van der Waals surface area contributed by atoms with Gasteiger partial charge in [0.1, 0.15) is 36.4 Å². The van der Waals surface area contributed by atoms with Crippen molar-refractivity contribution in [2.75, 3.05) is 13.7 Å². The molecule has 5 rings (SSSR count). The molecule has 0 aromatic heterocycles. The lowest BCUT2D eigenvalue weighted by molar-refractivity contribution is -0.342. The number of fused-ring (bicyclic) bond motifs is 1. The summed E-state index contributed by atoms with van der Waals surface area (Å²) < 4.78 is 33.5. The number of aliphatic carboxylic acids is 1. The largest absolute Gasteiger partial charge is 0.478 e. The van der Waals surface area contributed by atoms with Crippen molar-refractivity contribution < 1.29 is 73.1 Å². The van der Waals surface area contributed by atoms with Crippen LogP contribution in [0.3, 0.4) is 0 Å². The molecule has 11 atom stereocenters. The van der Waals surface area contributed by atoms with Crippen molar-refractivity contribution in [3.8, 4) is 0 Å². The van der Waals surface area contributed by atoms with Crippen LogP contribution in [0.25, 0.3) is 0 Å². The average molecular weight is 645 g/mol. The fraction of sp³-hybridized carbons (Fsp3) is 0.419. The molecule has 5 N–H and O–H groups in total. The summed E-state index contributed by atoms with van der Waals surface area (Å²) in [6.45, 7) is -0.773. The molecule has 1 saturated carbocycles. The minimum atomic E-state index is -1.89. The van der Waals surface area contributed by atoms with Crippen LogP contribution >= 0.6 is 0 Å². The molecule has 0 radical (unpaired) electrons. The number of carboxylic acid groups (broad SMARTS) is 1. The van der Waals surface area contributed by atoms with Crippen LogP contribution in [-0.4, -0.2) is 112 Å². The molecule has 2 heterocycles. The Morgan fingerprint density at radius 3 is 1.87 bits per heavy atom. The minimum absolute atomic E-state index is 0.0773. The van der Waals surface area contributed by atoms with Crippen LogP contribution in [0.15, 0.2) is 72.5 Å². The lowest BCUT2D eigenvalue weighted by atomic mass is 9.82. The van der Waals surface area contributed by atoms with Gasteiger partial charge in [0.05, 0.1) is 36.7 Å². The first-order valence-electron chi connectivity index (χ1n) is 14.2. The molecular weight excluding hydrogens is 612 g/mol. The third kappa shape index (κ3) is 6.33. The summed E-state index contributed by atoms with van der Waals surface area (Å²) in [7, 11) is 1.04. The fourth-order valence-corrected chi connectivity index (χ4v) is 5.97. The third-order valence-electron chi connectivity index (χ3n) is 8.21. The van der Waals surface area contributed by atoms with Gasteiger partial charge in [0, 0.05) is 11.8 Å². The van der Waals surface area contributed by atoms with Gasteiger partial charge in [0.2, 0.25) is 6.29 Å². The number of rotatable bonds is 9. The van der Waals surface area contributed by atoms with Gasteiger partial charge < -0.3 is 54.0 Å². The van der Waals surface area contributed by atoms with E-state index >= 15 is 0 Å². The van der Waals surface area contributed by atoms with Gasteiger partial charge >= 0.3 is 23.9 Å². The van der Waals surface area contributed by atoms with E-state index in [1.165, 1.54) is 24.3 Å². The number of aliphatic hydroxyl groups excluding tert-OH is 4. The van der Waals surface area contributed by atoms with Gasteiger partial charge in [0.15, 0.2) is 12.4 Å². The van der Waals surface area contributed by atoms with Gasteiger partial charge in [0.25, 0.3) is 0 Å². The summed E-state index contributed by atoms with van der Waals surface area (Å²) in [4.78, 5) is 52.6. The zero-order chi connectivity index (χ0) is 33.1. The topological polar surface area (TPSA) is 225 Å². The minimum Gasteiger partial charge on any atom is -0.478 e. The van der Waals surface area contributed by atoms with Crippen molar-refractivity contribution in [1.29, 1.82) is 0 Å². The maximum absolute atomic E-state index is 13.5. The molecule has 2 aliphatic heterocycles. The monoisotopic (exact) mass is 644 g/mol. The Kier molecular flexibility index (Phi) is 10.0. The van der Waals surface area contributed by atoms with Crippen molar-refractivity contribution in [2.45, 2.75) is 49.2 Å². The van der Waals surface area contributed by atoms with Crippen LogP contribution in [0.2, 0.25) is 0 Å². The summed E-state index contributed by atoms with van der Waals surface area (Å²) in [6, 6.07) is 15.4. The van der Waals surface area contributed by atoms with Crippen molar-refractivity contribution in [2.24, 2.45) is 17.8 Å². The standard InChI is InChI=1S/C31H32O15/c1-41-29(40)20-19-18(16(26(36)37)13-42-30(19)46-31-23(35)22(34)21(33)17(12-32)43-31)24(44-27(38)14-8-4-2-5-9-14)25(20)45-28(39)15-10-6-3-7-11-15/h2-11,13,17-25,30-35H,12H2,1H3,(H,36,37)/t17-,18-,19+,20+,21+,22+,23+,24-,25+,30+,31-/m0/s1. The summed E-state index contributed by atoms with van der Waals surface area (Å²) in [5.41, 5.74) is -0.305. The van der Waals surface area contributed by atoms with Crippen molar-refractivity contribution in [3.05, 3.63) is 83.6 Å². The van der Waals surface area contributed by atoms with Crippen LogP contribution in [0, 0.1) is 17.8 Å². The number of hydrogen-bond donors (Lipinski definition) is 5. The zero-order valence-corrected chi connectivity index (χ0v) is 24.2. The van der Waals surface area contributed by atoms with Gasteiger partial charge in [-0.1, -0.05) is 36.4 Å². The predicted molar refractivity (Wildman–Crippen MR) is 149 cm³/mol. The van der Waals surface area contributed by atoms with Crippen molar-refractivity contribution >= 4 is 23.9 Å². The molecule has 46 heavy (non-hydrogen) atoms. The maximum Gasteiger partial charge on any atom is 0.338 e. The van der Waals surface area contributed by atoms with Crippen LogP contribution in [0.1, 0.15) is 20.7 Å². The molecule has 0 spiro atoms. The number of esters is 3. The lowest BCUT2D eigenvalue weighted by Gasteiger charge is -2.43. The number of benzene rings is 2. The smallest absolute Gasteiger partial charge is 0.338 e. The molecule has 2 aromatic carbocycles. The van der Waals surface area contributed by atoms with Crippen LogP contribution < -0.4 is 0 Å². The van der Waals surface area contributed by atoms with E-state index in [4.69, 9.17) is 28.4 Å². The molecule has 15 nitrogen and oxygen atoms in total. The highest BCUT2D eigenvalue weighted by Gasteiger charge is 2.65. The highest BCUT2D eigenvalue weighted by Crippen LogP contribution is 2.51. The molecule has 0 amide bonds. The molecular formula is C31H32O15. The summed E-state index contributed by atoms with van der Waals surface area (Å²) in [5.74, 6) is -8.78. The first-order chi connectivity index (χ1) is 22.1. The molecule has 0 unspecified atom stereocenters. The molecule has 2 aromatic rings. The third-order valence-corrected chi connectivity index (χ3v) is 8.21. The Bertz CT molecular complexity index is 1440. The summed E-state index contributed by atoms with van der Waals surface area (Å²) in [6.07, 6.45) is -12.7. The second-order valence-corrected chi connectivity index (χ2v) is 10.8. The number of carbonyl (C=O) groups is 4. The Morgan fingerprint density at radius 2 is 1.35 bits per heavy atom. The van der Waals surface area contributed by atoms with Gasteiger partial charge in [-0.2, -0.15) is 0 Å². The average Bonchev–Trinajstić information content (AvgIpc) is 3.38. The van der Waals surface area contributed by atoms with E-state index in [9.17, 15) is 44.7 Å². The number of ether oxygens (including phenoxy) is 6. The molecule has 1 saturated heterocycles. The molecule has 246 valence electrons. The quantitative estimate of drug-likeness (QED) is 0.173. The number of carboxylic acids is 1. The number of aliphatic hydroxyl groups is 4. The van der Waals surface area contributed by atoms with E-state index in [0.717, 1.165) is 13.4 Å². The Morgan fingerprint density at radius 1 is 0.783 bits per heavy atom. The first-order valence-corrected chi connectivity index (χ1v) is 14.2. The molecule has 15 heteroatoms. The Labute approximate surface area is 261 Å². The lowest BCUT2D eigenvalue weighted by Crippen LogP contribution is -2.60. The van der Waals surface area contributed by atoms with E-state index in [1.807, 2.05) is 0 Å². The van der Waals surface area contributed by atoms with Crippen molar-refractivity contribution in [3.63, 3.8) is 0 Å². The summed E-state index contributed by atoms with van der Waals surface area (Å²) >= 11 is 0. The number of methoxy groups -OCH3 is 1. The first kappa shape index (κ1) is 33.0.